The highest BCUT2D eigenvalue weighted by molar-refractivity contribution is 7.27. The summed E-state index contributed by atoms with van der Waals surface area (Å²) in [5.74, 6) is 1.95. The summed E-state index contributed by atoms with van der Waals surface area (Å²) in [5.41, 5.74) is 5.99. The van der Waals surface area contributed by atoms with Gasteiger partial charge in [0.15, 0.2) is 17.5 Å². The van der Waals surface area contributed by atoms with Crippen LogP contribution in [0.25, 0.3) is 107 Å². The van der Waals surface area contributed by atoms with E-state index in [4.69, 9.17) is 19.9 Å². The monoisotopic (exact) mass is 698 g/mol. The van der Waals surface area contributed by atoms with Crippen LogP contribution in [0.2, 0.25) is 0 Å². The molecule has 4 aromatic heterocycles. The van der Waals surface area contributed by atoms with Crippen molar-refractivity contribution < 1.29 is 0 Å². The lowest BCUT2D eigenvalue weighted by Gasteiger charge is -2.14. The molecule has 0 atom stereocenters. The van der Waals surface area contributed by atoms with Gasteiger partial charge in [-0.25, -0.2) is 19.9 Å². The highest BCUT2D eigenvalue weighted by Crippen LogP contribution is 2.45. The molecule has 0 aliphatic carbocycles. The van der Waals surface area contributed by atoms with Crippen LogP contribution in [-0.2, 0) is 0 Å². The first-order valence-corrected chi connectivity index (χ1v) is 18.9. The fraction of sp³-hybridized carbons (Fsp3) is 0. The molecule has 0 saturated carbocycles. The Morgan fingerprint density at radius 1 is 0.327 bits per heavy atom. The third-order valence-corrected chi connectivity index (χ3v) is 12.4. The second kappa shape index (κ2) is 11.6. The number of nitrogens with zero attached hydrogens (tertiary/aromatic N) is 4. The van der Waals surface area contributed by atoms with Gasteiger partial charge in [-0.2, -0.15) is 0 Å². The average Bonchev–Trinajstić information content (AvgIpc) is 3.80. The first-order chi connectivity index (χ1) is 25.8. The zero-order valence-corrected chi connectivity index (χ0v) is 29.2. The lowest BCUT2D eigenvalue weighted by molar-refractivity contribution is 1.08. The summed E-state index contributed by atoms with van der Waals surface area (Å²) in [5, 5.41) is 8.25. The van der Waals surface area contributed by atoms with Crippen LogP contribution < -0.4 is 0 Å². The summed E-state index contributed by atoms with van der Waals surface area (Å²) in [6, 6.07) is 55.3. The van der Waals surface area contributed by atoms with Crippen LogP contribution in [0.1, 0.15) is 0 Å². The maximum Gasteiger partial charge on any atom is 0.165 e. The summed E-state index contributed by atoms with van der Waals surface area (Å²) >= 11 is 3.63. The SMILES string of the molecule is c1ccc(-c2nc(-c3ccc(-c4nc5ccccc5c5sc6ccccc6c45)c4ccccc34)nc(-c3cccc4c3sc3ccccc34)n2)cc1. The number of benzene rings is 7. The number of aromatic nitrogens is 4. The van der Waals surface area contributed by atoms with Crippen molar-refractivity contribution in [2.75, 3.05) is 0 Å². The summed E-state index contributed by atoms with van der Waals surface area (Å²) in [6.07, 6.45) is 0. The Hall–Kier alpha value is -6.34. The summed E-state index contributed by atoms with van der Waals surface area (Å²) in [4.78, 5) is 20.9. The minimum Gasteiger partial charge on any atom is -0.247 e. The van der Waals surface area contributed by atoms with Gasteiger partial charge in [0.2, 0.25) is 0 Å². The van der Waals surface area contributed by atoms with Gasteiger partial charge < -0.3 is 0 Å². The molecule has 0 aliphatic rings. The molecule has 0 amide bonds. The molecule has 0 aliphatic heterocycles. The number of hydrogen-bond acceptors (Lipinski definition) is 6. The molecule has 11 aromatic rings. The predicted octanol–water partition coefficient (Wildman–Crippen LogP) is 13.0. The van der Waals surface area contributed by atoms with E-state index in [9.17, 15) is 0 Å². The van der Waals surface area contributed by atoms with Gasteiger partial charge in [0.1, 0.15) is 0 Å². The quantitative estimate of drug-likeness (QED) is 0.184. The van der Waals surface area contributed by atoms with E-state index in [1.165, 1.54) is 45.7 Å². The van der Waals surface area contributed by atoms with Crippen LogP contribution >= 0.6 is 22.7 Å². The van der Waals surface area contributed by atoms with Crippen molar-refractivity contribution in [1.29, 1.82) is 0 Å². The number of rotatable bonds is 4. The summed E-state index contributed by atoms with van der Waals surface area (Å²) in [6.45, 7) is 0. The van der Waals surface area contributed by atoms with Gasteiger partial charge in [-0.05, 0) is 41.1 Å². The van der Waals surface area contributed by atoms with Gasteiger partial charge in [-0.3, -0.25) is 0 Å². The molecule has 0 bridgehead atoms. The van der Waals surface area contributed by atoms with E-state index < -0.39 is 0 Å². The van der Waals surface area contributed by atoms with Crippen molar-refractivity contribution in [2.24, 2.45) is 0 Å². The van der Waals surface area contributed by atoms with Crippen LogP contribution in [0.5, 0.6) is 0 Å². The van der Waals surface area contributed by atoms with Gasteiger partial charge in [-0.15, -0.1) is 22.7 Å². The third kappa shape index (κ3) is 4.51. The minimum absolute atomic E-state index is 0.641. The molecule has 0 radical (unpaired) electrons. The Balaban J connectivity index is 1.17. The normalized spacial score (nSPS) is 11.8. The molecular formula is C46H26N4S2. The summed E-state index contributed by atoms with van der Waals surface area (Å²) < 4.78 is 4.95. The molecule has 242 valence electrons. The number of para-hydroxylation sites is 1. The zero-order valence-electron chi connectivity index (χ0n) is 27.6. The number of fused-ring (bicyclic) bond motifs is 9. The van der Waals surface area contributed by atoms with E-state index in [2.05, 4.69) is 140 Å². The molecular weight excluding hydrogens is 673 g/mol. The lowest BCUT2D eigenvalue weighted by Crippen LogP contribution is -2.01. The van der Waals surface area contributed by atoms with E-state index >= 15 is 0 Å². The Morgan fingerprint density at radius 2 is 0.885 bits per heavy atom. The highest BCUT2D eigenvalue weighted by atomic mass is 32.1. The average molecular weight is 699 g/mol. The van der Waals surface area contributed by atoms with Crippen LogP contribution in [0.4, 0.5) is 0 Å². The molecule has 0 N–H and O–H groups in total. The largest absolute Gasteiger partial charge is 0.247 e. The number of hydrogen-bond donors (Lipinski definition) is 0. The number of thiophene rings is 2. The van der Waals surface area contributed by atoms with Crippen LogP contribution in [-0.4, -0.2) is 19.9 Å². The third-order valence-electron chi connectivity index (χ3n) is 9.95. The Labute approximate surface area is 306 Å². The first kappa shape index (κ1) is 29.4. The molecule has 7 aromatic carbocycles. The van der Waals surface area contributed by atoms with Gasteiger partial charge in [0.25, 0.3) is 0 Å². The van der Waals surface area contributed by atoms with Gasteiger partial charge in [-0.1, -0.05) is 127 Å². The fourth-order valence-corrected chi connectivity index (χ4v) is 10.0. The minimum atomic E-state index is 0.641. The maximum absolute atomic E-state index is 5.37. The molecule has 0 unspecified atom stereocenters. The van der Waals surface area contributed by atoms with E-state index in [0.29, 0.717) is 17.5 Å². The molecule has 4 heterocycles. The van der Waals surface area contributed by atoms with Crippen molar-refractivity contribution >= 4 is 84.7 Å². The van der Waals surface area contributed by atoms with Crippen LogP contribution in [0.3, 0.4) is 0 Å². The molecule has 0 spiro atoms. The van der Waals surface area contributed by atoms with Crippen molar-refractivity contribution in [2.45, 2.75) is 0 Å². The second-order valence-corrected chi connectivity index (χ2v) is 15.0. The van der Waals surface area contributed by atoms with Crippen molar-refractivity contribution in [3.05, 3.63) is 158 Å². The second-order valence-electron chi connectivity index (χ2n) is 12.9. The van der Waals surface area contributed by atoms with E-state index in [0.717, 1.165) is 44.2 Å². The maximum atomic E-state index is 5.37. The van der Waals surface area contributed by atoms with E-state index in [-0.39, 0.29) is 0 Å². The topological polar surface area (TPSA) is 51.6 Å². The highest BCUT2D eigenvalue weighted by Gasteiger charge is 2.21. The van der Waals surface area contributed by atoms with Crippen LogP contribution in [0.15, 0.2) is 158 Å². The van der Waals surface area contributed by atoms with Gasteiger partial charge >= 0.3 is 0 Å². The molecule has 52 heavy (non-hydrogen) atoms. The van der Waals surface area contributed by atoms with Crippen molar-refractivity contribution in [1.82, 2.24) is 19.9 Å². The lowest BCUT2D eigenvalue weighted by atomic mass is 9.94. The van der Waals surface area contributed by atoms with E-state index in [1.54, 1.807) is 11.3 Å². The Bertz CT molecular complexity index is 3200. The predicted molar refractivity (Wildman–Crippen MR) is 220 cm³/mol. The Morgan fingerprint density at radius 3 is 1.69 bits per heavy atom. The molecule has 11 rings (SSSR count). The molecule has 0 saturated heterocycles. The zero-order chi connectivity index (χ0) is 34.2. The molecule has 6 heteroatoms. The van der Waals surface area contributed by atoms with E-state index in [1.807, 2.05) is 29.5 Å². The summed E-state index contributed by atoms with van der Waals surface area (Å²) in [7, 11) is 0. The van der Waals surface area contributed by atoms with Crippen molar-refractivity contribution in [3.8, 4) is 45.4 Å². The molecule has 4 nitrogen and oxygen atoms in total. The smallest absolute Gasteiger partial charge is 0.165 e. The number of pyridine rings is 1. The fourth-order valence-electron chi connectivity index (χ4n) is 7.56. The molecule has 0 fully saturated rings. The Kier molecular flexibility index (Phi) is 6.56. The van der Waals surface area contributed by atoms with Crippen LogP contribution in [0, 0.1) is 0 Å². The standard InChI is InChI=1S/C46H26N4S2/c1-2-13-27(14-3-1)44-48-45(50-46(49-44)36-21-12-20-32-30-17-7-10-23-38(30)51-42(32)36)33-26-25-31(28-15-4-5-16-29(28)33)41-40-35-19-8-11-24-39(35)52-43(40)34-18-6-9-22-37(34)47-41/h1-26H. The van der Waals surface area contributed by atoms with Gasteiger partial charge in [0.05, 0.1) is 11.2 Å². The van der Waals surface area contributed by atoms with Crippen molar-refractivity contribution in [3.63, 3.8) is 0 Å². The van der Waals surface area contributed by atoms with Gasteiger partial charge in [0, 0.05) is 68.0 Å². The first-order valence-electron chi connectivity index (χ1n) is 17.2.